The standard InChI is InChI=1S/C23H20ClN5O5S2/c24-18-6-8-21(35-18)36(33,34)28-23(32)27-16-4-7-19(26-12-16)29-20(30)10-14-9-15(25-11-13-1-2-13)3-5-17(14)22(29)31/h3-9,12-13,25H,1-2,10-11H2,(H2,27,28,32). The fourth-order valence-electron chi connectivity index (χ4n) is 3.71. The first-order valence-electron chi connectivity index (χ1n) is 11.0. The molecule has 0 saturated heterocycles. The van der Waals surface area contributed by atoms with Crippen LogP contribution in [0.3, 0.4) is 0 Å². The predicted molar refractivity (Wildman–Crippen MR) is 136 cm³/mol. The van der Waals surface area contributed by atoms with E-state index in [9.17, 15) is 22.8 Å². The van der Waals surface area contributed by atoms with Gasteiger partial charge in [-0.3, -0.25) is 9.59 Å². The van der Waals surface area contributed by atoms with E-state index in [1.165, 1.54) is 43.3 Å². The molecule has 0 bridgehead atoms. The van der Waals surface area contributed by atoms with Crippen molar-refractivity contribution in [3.8, 4) is 0 Å². The molecule has 186 valence electrons. The molecule has 0 radical (unpaired) electrons. The molecule has 1 aliphatic heterocycles. The lowest BCUT2D eigenvalue weighted by Gasteiger charge is -2.26. The van der Waals surface area contributed by atoms with E-state index < -0.39 is 27.9 Å². The zero-order valence-electron chi connectivity index (χ0n) is 18.7. The second-order valence-corrected chi connectivity index (χ2v) is 12.1. The highest BCUT2D eigenvalue weighted by Gasteiger charge is 2.33. The summed E-state index contributed by atoms with van der Waals surface area (Å²) >= 11 is 6.57. The number of nitrogens with zero attached hydrogens (tertiary/aromatic N) is 2. The van der Waals surface area contributed by atoms with E-state index in [1.54, 1.807) is 6.07 Å². The lowest BCUT2D eigenvalue weighted by molar-refractivity contribution is -0.117. The average Bonchev–Trinajstić information content (AvgIpc) is 3.55. The van der Waals surface area contributed by atoms with Crippen LogP contribution in [0.4, 0.5) is 22.0 Å². The van der Waals surface area contributed by atoms with Crippen molar-refractivity contribution in [3.05, 3.63) is 64.1 Å². The topological polar surface area (TPSA) is 138 Å². The van der Waals surface area contributed by atoms with Gasteiger partial charge in [0.2, 0.25) is 5.91 Å². The first kappa shape index (κ1) is 24.2. The monoisotopic (exact) mass is 545 g/mol. The summed E-state index contributed by atoms with van der Waals surface area (Å²) in [5.41, 5.74) is 2.13. The summed E-state index contributed by atoms with van der Waals surface area (Å²) in [6.45, 7) is 0.878. The number of sulfonamides is 1. The molecule has 0 unspecified atom stereocenters. The smallest absolute Gasteiger partial charge is 0.333 e. The number of rotatable bonds is 7. The average molecular weight is 546 g/mol. The van der Waals surface area contributed by atoms with Gasteiger partial charge in [0.05, 0.1) is 22.6 Å². The number of benzene rings is 1. The van der Waals surface area contributed by atoms with Gasteiger partial charge in [0, 0.05) is 17.8 Å². The molecule has 5 rings (SSSR count). The van der Waals surface area contributed by atoms with Crippen molar-refractivity contribution in [1.82, 2.24) is 9.71 Å². The van der Waals surface area contributed by atoms with Crippen LogP contribution in [0.1, 0.15) is 28.8 Å². The molecule has 4 amide bonds. The van der Waals surface area contributed by atoms with Gasteiger partial charge in [-0.25, -0.2) is 27.8 Å². The van der Waals surface area contributed by atoms with Gasteiger partial charge < -0.3 is 10.6 Å². The van der Waals surface area contributed by atoms with Gasteiger partial charge in [0.25, 0.3) is 15.9 Å². The normalized spacial score (nSPS) is 15.4. The van der Waals surface area contributed by atoms with E-state index in [1.807, 2.05) is 16.9 Å². The van der Waals surface area contributed by atoms with Crippen LogP contribution in [0.5, 0.6) is 0 Å². The highest BCUT2D eigenvalue weighted by atomic mass is 35.5. The zero-order valence-corrected chi connectivity index (χ0v) is 21.0. The Bertz CT molecular complexity index is 1470. The van der Waals surface area contributed by atoms with Gasteiger partial charge in [0.15, 0.2) is 0 Å². The molecule has 1 fully saturated rings. The summed E-state index contributed by atoms with van der Waals surface area (Å²) < 4.78 is 26.5. The molecule has 1 aliphatic carbocycles. The fraction of sp³-hybridized carbons (Fsp3) is 0.217. The van der Waals surface area contributed by atoms with Crippen LogP contribution < -0.4 is 20.3 Å². The van der Waals surface area contributed by atoms with E-state index in [2.05, 4.69) is 15.6 Å². The molecule has 13 heteroatoms. The number of carbonyl (C=O) groups is 3. The van der Waals surface area contributed by atoms with Crippen LogP contribution in [-0.4, -0.2) is 37.8 Å². The second-order valence-electron chi connectivity index (χ2n) is 8.43. The van der Waals surface area contributed by atoms with Crippen LogP contribution in [0.25, 0.3) is 0 Å². The number of urea groups is 1. The number of thiophene rings is 1. The molecular weight excluding hydrogens is 526 g/mol. The van der Waals surface area contributed by atoms with Crippen molar-refractivity contribution in [2.24, 2.45) is 5.92 Å². The number of halogens is 1. The minimum absolute atomic E-state index is 0.0503. The minimum Gasteiger partial charge on any atom is -0.385 e. The Labute approximate surface area is 215 Å². The molecular formula is C23H20ClN5O5S2. The van der Waals surface area contributed by atoms with Crippen molar-refractivity contribution in [2.75, 3.05) is 22.1 Å². The molecule has 2 aliphatic rings. The third-order valence-electron chi connectivity index (χ3n) is 5.70. The molecule has 3 heterocycles. The third kappa shape index (κ3) is 5.20. The fourth-order valence-corrected chi connectivity index (χ4v) is 6.10. The number of nitrogens with one attached hydrogen (secondary N) is 3. The van der Waals surface area contributed by atoms with Crippen LogP contribution in [0.2, 0.25) is 4.34 Å². The Balaban J connectivity index is 1.25. The van der Waals surface area contributed by atoms with Gasteiger partial charge in [-0.05, 0) is 66.8 Å². The number of hydrogen-bond donors (Lipinski definition) is 3. The van der Waals surface area contributed by atoms with E-state index in [-0.39, 0.29) is 26.5 Å². The number of fused-ring (bicyclic) bond motifs is 1. The number of carbonyl (C=O) groups excluding carboxylic acids is 3. The first-order chi connectivity index (χ1) is 17.2. The Hall–Kier alpha value is -3.48. The van der Waals surface area contributed by atoms with Gasteiger partial charge in [-0.1, -0.05) is 11.6 Å². The van der Waals surface area contributed by atoms with Crippen molar-refractivity contribution < 1.29 is 22.8 Å². The SMILES string of the molecule is O=C(Nc1ccc(N2C(=O)Cc3cc(NCC4CC4)ccc3C2=O)nc1)NS(=O)(=O)c1ccc(Cl)s1. The van der Waals surface area contributed by atoms with Crippen LogP contribution >= 0.6 is 22.9 Å². The lowest BCUT2D eigenvalue weighted by atomic mass is 9.97. The van der Waals surface area contributed by atoms with E-state index in [4.69, 9.17) is 11.6 Å². The van der Waals surface area contributed by atoms with Gasteiger partial charge in [-0.2, -0.15) is 0 Å². The Morgan fingerprint density at radius 3 is 2.56 bits per heavy atom. The highest BCUT2D eigenvalue weighted by molar-refractivity contribution is 7.92. The largest absolute Gasteiger partial charge is 0.385 e. The Kier molecular flexibility index (Phi) is 6.41. The van der Waals surface area contributed by atoms with Gasteiger partial charge >= 0.3 is 6.03 Å². The lowest BCUT2D eigenvalue weighted by Crippen LogP contribution is -2.43. The molecule has 1 saturated carbocycles. The molecule has 10 nitrogen and oxygen atoms in total. The van der Waals surface area contributed by atoms with Crippen LogP contribution in [0, 0.1) is 5.92 Å². The summed E-state index contributed by atoms with van der Waals surface area (Å²) in [6.07, 6.45) is 3.72. The second kappa shape index (κ2) is 9.52. The van der Waals surface area contributed by atoms with Crippen molar-refractivity contribution in [1.29, 1.82) is 0 Å². The van der Waals surface area contributed by atoms with Crippen molar-refractivity contribution in [3.63, 3.8) is 0 Å². The molecule has 36 heavy (non-hydrogen) atoms. The van der Waals surface area contributed by atoms with E-state index in [0.29, 0.717) is 17.0 Å². The number of hydrogen-bond acceptors (Lipinski definition) is 8. The number of anilines is 3. The van der Waals surface area contributed by atoms with Crippen molar-refractivity contribution >= 4 is 68.0 Å². The Morgan fingerprint density at radius 2 is 1.89 bits per heavy atom. The van der Waals surface area contributed by atoms with Crippen LogP contribution in [-0.2, 0) is 21.2 Å². The van der Waals surface area contributed by atoms with Crippen molar-refractivity contribution in [2.45, 2.75) is 23.5 Å². The summed E-state index contributed by atoms with van der Waals surface area (Å²) in [5.74, 6) is -0.113. The maximum Gasteiger partial charge on any atom is 0.333 e. The number of amides is 4. The first-order valence-corrected chi connectivity index (χ1v) is 13.7. The molecule has 3 N–H and O–H groups in total. The minimum atomic E-state index is -4.09. The van der Waals surface area contributed by atoms with Crippen LogP contribution in [0.15, 0.2) is 52.9 Å². The molecule has 3 aromatic rings. The van der Waals surface area contributed by atoms with Gasteiger partial charge in [-0.15, -0.1) is 11.3 Å². The summed E-state index contributed by atoms with van der Waals surface area (Å²) in [4.78, 5) is 43.2. The highest BCUT2D eigenvalue weighted by Crippen LogP contribution is 2.31. The quantitative estimate of drug-likeness (QED) is 0.383. The molecule has 0 spiro atoms. The number of imide groups is 1. The zero-order chi connectivity index (χ0) is 25.4. The molecule has 1 aromatic carbocycles. The number of aromatic nitrogens is 1. The molecule has 2 aromatic heterocycles. The predicted octanol–water partition coefficient (Wildman–Crippen LogP) is 3.86. The molecule has 0 atom stereocenters. The summed E-state index contributed by atoms with van der Waals surface area (Å²) in [5, 5.41) is 5.70. The van der Waals surface area contributed by atoms with E-state index >= 15 is 0 Å². The Morgan fingerprint density at radius 1 is 1.11 bits per heavy atom. The number of pyridine rings is 1. The van der Waals surface area contributed by atoms with E-state index in [0.717, 1.165) is 28.5 Å². The summed E-state index contributed by atoms with van der Waals surface area (Å²) in [7, 11) is -4.09. The maximum atomic E-state index is 13.1. The maximum absolute atomic E-state index is 13.1. The van der Waals surface area contributed by atoms with Gasteiger partial charge in [0.1, 0.15) is 10.0 Å². The summed E-state index contributed by atoms with van der Waals surface area (Å²) in [6, 6.07) is 9.87. The third-order valence-corrected chi connectivity index (χ3v) is 8.75.